The molecule has 0 aliphatic carbocycles. The molecule has 0 unspecified atom stereocenters. The average molecular weight is 421 g/mol. The molecule has 1 aliphatic rings. The van der Waals surface area contributed by atoms with Crippen LogP contribution in [-0.4, -0.2) is 42.6 Å². The Hall–Kier alpha value is -3.32. The summed E-state index contributed by atoms with van der Waals surface area (Å²) in [4.78, 5) is 14.8. The van der Waals surface area contributed by atoms with E-state index in [-0.39, 0.29) is 11.6 Å². The van der Waals surface area contributed by atoms with E-state index in [9.17, 15) is 4.79 Å². The van der Waals surface area contributed by atoms with Crippen LogP contribution in [0.15, 0.2) is 53.3 Å². The van der Waals surface area contributed by atoms with E-state index < -0.39 is 0 Å². The fourth-order valence-corrected chi connectivity index (χ4v) is 4.03. The molecule has 0 radical (unpaired) electrons. The maximum atomic E-state index is 12.5. The molecule has 1 aliphatic heterocycles. The summed E-state index contributed by atoms with van der Waals surface area (Å²) in [6, 6.07) is 15.2. The van der Waals surface area contributed by atoms with Crippen LogP contribution in [0.2, 0.25) is 0 Å². The van der Waals surface area contributed by atoms with E-state index in [1.807, 2.05) is 30.3 Å². The lowest BCUT2D eigenvalue weighted by molar-refractivity contribution is 0.140. The molecule has 31 heavy (non-hydrogen) atoms. The van der Waals surface area contributed by atoms with E-state index >= 15 is 0 Å². The maximum absolute atomic E-state index is 12.5. The summed E-state index contributed by atoms with van der Waals surface area (Å²) < 4.78 is 17.7. The topological polar surface area (TPSA) is 65.8 Å². The van der Waals surface area contributed by atoms with Crippen molar-refractivity contribution in [3.05, 3.63) is 70.0 Å². The molecule has 2 aromatic carbocycles. The first-order chi connectivity index (χ1) is 15.0. The molecule has 0 saturated carbocycles. The van der Waals surface area contributed by atoms with Gasteiger partial charge in [0.05, 0.1) is 33.7 Å². The van der Waals surface area contributed by atoms with E-state index in [0.717, 1.165) is 35.7 Å². The number of hydrogen-bond donors (Lipinski definition) is 0. The van der Waals surface area contributed by atoms with E-state index in [1.54, 1.807) is 33.5 Å². The Morgan fingerprint density at radius 2 is 1.68 bits per heavy atom. The summed E-state index contributed by atoms with van der Waals surface area (Å²) in [6.45, 7) is 3.38. The second-order valence-electron chi connectivity index (χ2n) is 7.57. The van der Waals surface area contributed by atoms with Crippen LogP contribution in [0, 0.1) is 0 Å². The van der Waals surface area contributed by atoms with Crippen LogP contribution in [0.3, 0.4) is 0 Å². The summed E-state index contributed by atoms with van der Waals surface area (Å²) in [5, 5.41) is 4.62. The van der Waals surface area contributed by atoms with Gasteiger partial charge in [0.15, 0.2) is 11.5 Å². The molecule has 0 spiro atoms. The molecule has 0 bridgehead atoms. The summed E-state index contributed by atoms with van der Waals surface area (Å²) in [5.74, 6) is 2.24. The average Bonchev–Trinajstić information content (AvgIpc) is 2.81. The zero-order valence-electron chi connectivity index (χ0n) is 18.3. The van der Waals surface area contributed by atoms with Crippen LogP contribution in [0.1, 0.15) is 24.1 Å². The molecule has 1 aromatic heterocycles. The fraction of sp³-hybridized carbons (Fsp3) is 0.333. The quantitative estimate of drug-likeness (QED) is 0.607. The molecular weight excluding hydrogens is 394 g/mol. The van der Waals surface area contributed by atoms with Crippen molar-refractivity contribution in [2.75, 3.05) is 27.9 Å². The van der Waals surface area contributed by atoms with E-state index in [0.29, 0.717) is 12.4 Å². The van der Waals surface area contributed by atoms with Crippen molar-refractivity contribution in [3.8, 4) is 28.5 Å². The lowest BCUT2D eigenvalue weighted by atomic mass is 9.93. The van der Waals surface area contributed by atoms with Gasteiger partial charge in [-0.25, -0.2) is 4.68 Å². The first-order valence-electron chi connectivity index (χ1n) is 10.3. The Balaban J connectivity index is 1.60. The number of methoxy groups -OCH3 is 3. The van der Waals surface area contributed by atoms with Crippen LogP contribution in [0.4, 0.5) is 0 Å². The molecule has 3 aromatic rings. The van der Waals surface area contributed by atoms with Gasteiger partial charge in [-0.1, -0.05) is 0 Å². The van der Waals surface area contributed by atoms with Gasteiger partial charge in [-0.2, -0.15) is 5.10 Å². The van der Waals surface area contributed by atoms with Crippen LogP contribution < -0.4 is 19.8 Å². The van der Waals surface area contributed by atoms with Gasteiger partial charge in [-0.15, -0.1) is 0 Å². The van der Waals surface area contributed by atoms with Crippen LogP contribution >= 0.6 is 0 Å². The zero-order chi connectivity index (χ0) is 22.0. The predicted molar refractivity (Wildman–Crippen MR) is 119 cm³/mol. The third kappa shape index (κ3) is 4.14. The Kier molecular flexibility index (Phi) is 5.95. The van der Waals surface area contributed by atoms with Crippen molar-refractivity contribution in [3.63, 3.8) is 0 Å². The van der Waals surface area contributed by atoms with Gasteiger partial charge in [0.25, 0.3) is 5.56 Å². The third-order valence-corrected chi connectivity index (χ3v) is 5.88. The molecule has 0 N–H and O–H groups in total. The van der Waals surface area contributed by atoms with Crippen LogP contribution in [0.5, 0.6) is 17.2 Å². The van der Waals surface area contributed by atoms with Gasteiger partial charge < -0.3 is 14.2 Å². The minimum absolute atomic E-state index is 0.113. The number of benzene rings is 2. The minimum atomic E-state index is -0.123. The minimum Gasteiger partial charge on any atom is -0.497 e. The smallest absolute Gasteiger partial charge is 0.268 e. The Labute approximate surface area is 181 Å². The Bertz CT molecular complexity index is 1120. The number of aromatic nitrogens is 2. The van der Waals surface area contributed by atoms with Crippen LogP contribution in [-0.2, 0) is 13.1 Å². The molecule has 4 rings (SSSR count). The summed E-state index contributed by atoms with van der Waals surface area (Å²) in [5.41, 5.74) is 3.99. The van der Waals surface area contributed by atoms with E-state index in [1.165, 1.54) is 15.8 Å². The number of ether oxygens (including phenoxy) is 3. The molecular formula is C24H27N3O4. The Morgan fingerprint density at radius 3 is 2.35 bits per heavy atom. The number of fused-ring (bicyclic) bond motifs is 1. The SMILES string of the molecule is COc1ccc(-c2ccc(=O)n(CN3CCc4cc(OC)c(OC)cc4[C@H]3C)n2)cc1. The highest BCUT2D eigenvalue weighted by atomic mass is 16.5. The number of rotatable bonds is 6. The van der Waals surface area contributed by atoms with Crippen LogP contribution in [0.25, 0.3) is 11.3 Å². The molecule has 7 heteroatoms. The Morgan fingerprint density at radius 1 is 0.968 bits per heavy atom. The van der Waals surface area contributed by atoms with E-state index in [4.69, 9.17) is 14.2 Å². The predicted octanol–water partition coefficient (Wildman–Crippen LogP) is 3.51. The molecule has 7 nitrogen and oxygen atoms in total. The van der Waals surface area contributed by atoms with Gasteiger partial charge in [-0.05, 0) is 66.9 Å². The van der Waals surface area contributed by atoms with Gasteiger partial charge >= 0.3 is 0 Å². The molecule has 2 heterocycles. The number of nitrogens with zero attached hydrogens (tertiary/aromatic N) is 3. The lowest BCUT2D eigenvalue weighted by Crippen LogP contribution is -2.39. The first-order valence-corrected chi connectivity index (χ1v) is 10.3. The lowest BCUT2D eigenvalue weighted by Gasteiger charge is -2.35. The molecule has 162 valence electrons. The molecule has 0 amide bonds. The van der Waals surface area contributed by atoms with Gasteiger partial charge in [0, 0.05) is 24.2 Å². The monoisotopic (exact) mass is 421 g/mol. The van der Waals surface area contributed by atoms with Crippen molar-refractivity contribution in [2.24, 2.45) is 0 Å². The fourth-order valence-electron chi connectivity index (χ4n) is 4.03. The van der Waals surface area contributed by atoms with Crippen molar-refractivity contribution >= 4 is 0 Å². The molecule has 1 atom stereocenters. The van der Waals surface area contributed by atoms with Crippen molar-refractivity contribution in [2.45, 2.75) is 26.1 Å². The van der Waals surface area contributed by atoms with Gasteiger partial charge in [-0.3, -0.25) is 9.69 Å². The van der Waals surface area contributed by atoms with E-state index in [2.05, 4.69) is 23.0 Å². The highest BCUT2D eigenvalue weighted by Gasteiger charge is 2.26. The molecule has 0 saturated heterocycles. The summed E-state index contributed by atoms with van der Waals surface area (Å²) >= 11 is 0. The van der Waals surface area contributed by atoms with Crippen molar-refractivity contribution in [1.82, 2.24) is 14.7 Å². The normalized spacial score (nSPS) is 15.9. The second-order valence-corrected chi connectivity index (χ2v) is 7.57. The summed E-state index contributed by atoms with van der Waals surface area (Å²) in [7, 11) is 4.93. The highest BCUT2D eigenvalue weighted by Crippen LogP contribution is 2.37. The van der Waals surface area contributed by atoms with Crippen molar-refractivity contribution < 1.29 is 14.2 Å². The zero-order valence-corrected chi connectivity index (χ0v) is 18.3. The second kappa shape index (κ2) is 8.81. The number of hydrogen-bond acceptors (Lipinski definition) is 6. The maximum Gasteiger partial charge on any atom is 0.268 e. The first kappa shape index (κ1) is 20.9. The largest absolute Gasteiger partial charge is 0.497 e. The summed E-state index contributed by atoms with van der Waals surface area (Å²) in [6.07, 6.45) is 0.868. The standard InChI is InChI=1S/C24H27N3O4/c1-16-20-14-23(31-4)22(30-3)13-18(20)11-12-26(16)15-27-24(28)10-9-21(25-27)17-5-7-19(29-2)8-6-17/h5-10,13-14,16H,11-12,15H2,1-4H3/t16-/m1/s1. The highest BCUT2D eigenvalue weighted by molar-refractivity contribution is 5.59. The van der Waals surface area contributed by atoms with Crippen molar-refractivity contribution in [1.29, 1.82) is 0 Å². The van der Waals surface area contributed by atoms with Gasteiger partial charge in [0.2, 0.25) is 0 Å². The molecule has 0 fully saturated rings. The third-order valence-electron chi connectivity index (χ3n) is 5.88. The van der Waals surface area contributed by atoms with Gasteiger partial charge in [0.1, 0.15) is 5.75 Å².